The van der Waals surface area contributed by atoms with E-state index in [1.165, 1.54) is 11.1 Å². The fourth-order valence-corrected chi connectivity index (χ4v) is 4.62. The van der Waals surface area contributed by atoms with E-state index in [2.05, 4.69) is 62.9 Å². The van der Waals surface area contributed by atoms with Crippen LogP contribution >= 0.6 is 23.8 Å². The smallest absolute Gasteiger partial charge is 0.174 e. The summed E-state index contributed by atoms with van der Waals surface area (Å²) >= 11 is 11.9. The van der Waals surface area contributed by atoms with Crippen molar-refractivity contribution in [3.05, 3.63) is 107 Å². The molecule has 1 saturated heterocycles. The molecule has 0 radical (unpaired) electrons. The standard InChI is InChI=1S/C25H22ClN5S/c1-16-8-10-19(14-17(16)2)31-24(23(29-25(31)32)20-6-3-4-12-27-20)21-7-5-13-30(21)22-11-9-18(26)15-28-22/h3-15,23-24H,1-2H3,(H,29,32)/t23-,24+/m1/s1. The van der Waals surface area contributed by atoms with Crippen LogP contribution in [0.3, 0.4) is 0 Å². The Morgan fingerprint density at radius 1 is 0.969 bits per heavy atom. The summed E-state index contributed by atoms with van der Waals surface area (Å²) in [4.78, 5) is 11.4. The number of nitrogens with one attached hydrogen (secondary N) is 1. The summed E-state index contributed by atoms with van der Waals surface area (Å²) in [6, 6.07) is 20.1. The third kappa shape index (κ3) is 3.66. The van der Waals surface area contributed by atoms with Gasteiger partial charge in [0.1, 0.15) is 11.9 Å². The fourth-order valence-electron chi connectivity index (χ4n) is 4.16. The lowest BCUT2D eigenvalue weighted by Gasteiger charge is -2.29. The van der Waals surface area contributed by atoms with Crippen LogP contribution in [0.1, 0.15) is 34.6 Å². The van der Waals surface area contributed by atoms with E-state index in [0.717, 1.165) is 22.9 Å². The molecule has 1 N–H and O–H groups in total. The molecule has 0 aliphatic carbocycles. The molecule has 0 spiro atoms. The highest BCUT2D eigenvalue weighted by atomic mass is 35.5. The lowest BCUT2D eigenvalue weighted by Crippen LogP contribution is -2.30. The quantitative estimate of drug-likeness (QED) is 0.396. The number of aromatic nitrogens is 3. The molecule has 1 aliphatic heterocycles. The molecule has 160 valence electrons. The molecule has 1 aromatic carbocycles. The molecular formula is C25H22ClN5S. The van der Waals surface area contributed by atoms with Crippen molar-refractivity contribution in [3.8, 4) is 5.82 Å². The minimum Gasteiger partial charge on any atom is -0.351 e. The Kier molecular flexibility index (Phi) is 5.41. The zero-order valence-corrected chi connectivity index (χ0v) is 19.3. The molecule has 3 aromatic heterocycles. The van der Waals surface area contributed by atoms with Crippen LogP contribution in [-0.2, 0) is 0 Å². The SMILES string of the molecule is Cc1ccc(N2C(=S)N[C@H](c3ccccn3)[C@@H]2c2cccn2-c2ccc(Cl)cn2)cc1C. The highest BCUT2D eigenvalue weighted by Gasteiger charge is 2.42. The maximum Gasteiger partial charge on any atom is 0.174 e. The monoisotopic (exact) mass is 459 g/mol. The molecule has 5 rings (SSSR count). The van der Waals surface area contributed by atoms with Crippen LogP contribution < -0.4 is 10.2 Å². The first-order valence-electron chi connectivity index (χ1n) is 10.4. The van der Waals surface area contributed by atoms with E-state index in [1.54, 1.807) is 6.20 Å². The Labute approximate surface area is 197 Å². The normalized spacial score (nSPS) is 18.1. The number of pyridine rings is 2. The van der Waals surface area contributed by atoms with E-state index in [4.69, 9.17) is 23.8 Å². The molecule has 4 heterocycles. The van der Waals surface area contributed by atoms with Crippen LogP contribution in [0, 0.1) is 13.8 Å². The summed E-state index contributed by atoms with van der Waals surface area (Å²) in [7, 11) is 0. The molecule has 0 amide bonds. The van der Waals surface area contributed by atoms with Gasteiger partial charge >= 0.3 is 0 Å². The van der Waals surface area contributed by atoms with Gasteiger partial charge < -0.3 is 14.8 Å². The summed E-state index contributed by atoms with van der Waals surface area (Å²) in [5, 5.41) is 4.80. The Bertz CT molecular complexity index is 1270. The molecule has 32 heavy (non-hydrogen) atoms. The minimum absolute atomic E-state index is 0.119. The highest BCUT2D eigenvalue weighted by Crippen LogP contribution is 2.42. The number of rotatable bonds is 4. The summed E-state index contributed by atoms with van der Waals surface area (Å²) in [5.74, 6) is 0.798. The van der Waals surface area contributed by atoms with E-state index in [1.807, 2.05) is 48.8 Å². The second-order valence-electron chi connectivity index (χ2n) is 7.90. The largest absolute Gasteiger partial charge is 0.351 e. The Balaban J connectivity index is 1.67. The van der Waals surface area contributed by atoms with Gasteiger partial charge in [-0.15, -0.1) is 0 Å². The second-order valence-corrected chi connectivity index (χ2v) is 8.73. The number of aryl methyl sites for hydroxylation is 2. The van der Waals surface area contributed by atoms with Crippen molar-refractivity contribution in [1.82, 2.24) is 19.9 Å². The topological polar surface area (TPSA) is 46.0 Å². The summed E-state index contributed by atoms with van der Waals surface area (Å²) in [6.07, 6.45) is 5.49. The second kappa shape index (κ2) is 8.37. The van der Waals surface area contributed by atoms with Gasteiger partial charge in [-0.25, -0.2) is 4.98 Å². The molecule has 4 aromatic rings. The number of anilines is 1. The van der Waals surface area contributed by atoms with Gasteiger partial charge in [-0.1, -0.05) is 23.7 Å². The number of hydrogen-bond donors (Lipinski definition) is 1. The molecule has 0 saturated carbocycles. The van der Waals surface area contributed by atoms with Crippen molar-refractivity contribution in [3.63, 3.8) is 0 Å². The predicted molar refractivity (Wildman–Crippen MR) is 132 cm³/mol. The van der Waals surface area contributed by atoms with Gasteiger partial charge in [0.15, 0.2) is 5.11 Å². The first-order valence-corrected chi connectivity index (χ1v) is 11.2. The Morgan fingerprint density at radius 2 is 1.84 bits per heavy atom. The van der Waals surface area contributed by atoms with Crippen LogP contribution in [0.5, 0.6) is 0 Å². The van der Waals surface area contributed by atoms with Gasteiger partial charge in [-0.2, -0.15) is 0 Å². The van der Waals surface area contributed by atoms with Gasteiger partial charge in [0.2, 0.25) is 0 Å². The molecule has 7 heteroatoms. The van der Waals surface area contributed by atoms with Crippen molar-refractivity contribution in [2.75, 3.05) is 4.90 Å². The lowest BCUT2D eigenvalue weighted by atomic mass is 10.00. The summed E-state index contributed by atoms with van der Waals surface area (Å²) in [5.41, 5.74) is 5.51. The average Bonchev–Trinajstić information content (AvgIpc) is 3.41. The van der Waals surface area contributed by atoms with Crippen LogP contribution in [0.15, 0.2) is 79.3 Å². The van der Waals surface area contributed by atoms with E-state index >= 15 is 0 Å². The van der Waals surface area contributed by atoms with E-state index in [-0.39, 0.29) is 12.1 Å². The molecule has 2 atom stereocenters. The van der Waals surface area contributed by atoms with Crippen LogP contribution in [0.4, 0.5) is 5.69 Å². The van der Waals surface area contributed by atoms with Crippen molar-refractivity contribution in [2.24, 2.45) is 0 Å². The van der Waals surface area contributed by atoms with Gasteiger partial charge in [0.05, 0.1) is 16.8 Å². The van der Waals surface area contributed by atoms with E-state index < -0.39 is 0 Å². The maximum atomic E-state index is 6.08. The lowest BCUT2D eigenvalue weighted by molar-refractivity contribution is 0.548. The molecule has 1 fully saturated rings. The summed E-state index contributed by atoms with van der Waals surface area (Å²) in [6.45, 7) is 4.24. The molecule has 1 aliphatic rings. The molecule has 5 nitrogen and oxygen atoms in total. The van der Waals surface area contributed by atoms with Gasteiger partial charge in [-0.05, 0) is 85.7 Å². The number of thiocarbonyl (C=S) groups is 1. The van der Waals surface area contributed by atoms with E-state index in [0.29, 0.717) is 10.1 Å². The van der Waals surface area contributed by atoms with Crippen LogP contribution in [-0.4, -0.2) is 19.6 Å². The van der Waals surface area contributed by atoms with Gasteiger partial charge in [0.25, 0.3) is 0 Å². The highest BCUT2D eigenvalue weighted by molar-refractivity contribution is 7.80. The van der Waals surface area contributed by atoms with Crippen molar-refractivity contribution < 1.29 is 0 Å². The van der Waals surface area contributed by atoms with Crippen molar-refractivity contribution >= 4 is 34.6 Å². The maximum absolute atomic E-state index is 6.08. The first kappa shape index (κ1) is 20.7. The molecule has 0 bridgehead atoms. The van der Waals surface area contributed by atoms with Gasteiger partial charge in [0, 0.05) is 30.0 Å². The average molecular weight is 460 g/mol. The number of benzene rings is 1. The number of hydrogen-bond acceptors (Lipinski definition) is 3. The zero-order valence-electron chi connectivity index (χ0n) is 17.7. The number of halogens is 1. The Hall–Kier alpha value is -3.22. The van der Waals surface area contributed by atoms with Crippen LogP contribution in [0.25, 0.3) is 5.82 Å². The molecular weight excluding hydrogens is 438 g/mol. The van der Waals surface area contributed by atoms with E-state index in [9.17, 15) is 0 Å². The van der Waals surface area contributed by atoms with Crippen molar-refractivity contribution in [2.45, 2.75) is 25.9 Å². The number of nitrogens with zero attached hydrogens (tertiary/aromatic N) is 4. The third-order valence-electron chi connectivity index (χ3n) is 5.91. The fraction of sp³-hybridized carbons (Fsp3) is 0.160. The third-order valence-corrected chi connectivity index (χ3v) is 6.45. The summed E-state index contributed by atoms with van der Waals surface area (Å²) < 4.78 is 2.08. The van der Waals surface area contributed by atoms with Gasteiger partial charge in [-0.3, -0.25) is 4.98 Å². The molecule has 0 unspecified atom stereocenters. The Morgan fingerprint density at radius 3 is 2.56 bits per heavy atom. The zero-order chi connectivity index (χ0) is 22.2. The van der Waals surface area contributed by atoms with Crippen LogP contribution in [0.2, 0.25) is 5.02 Å². The predicted octanol–water partition coefficient (Wildman–Crippen LogP) is 5.71. The van der Waals surface area contributed by atoms with Crippen molar-refractivity contribution in [1.29, 1.82) is 0 Å². The first-order chi connectivity index (χ1) is 15.5. The minimum atomic E-state index is -0.119.